The van der Waals surface area contributed by atoms with Gasteiger partial charge in [-0.2, -0.15) is 0 Å². The molecule has 1 heterocycles. The molecule has 2 rings (SSSR count). The fraction of sp³-hybridized carbons (Fsp3) is 0.562. The molecule has 0 aromatic heterocycles. The molecular formula is C16H23NO4. The number of likely N-dealkylation sites (tertiary alicyclic amines) is 1. The van der Waals surface area contributed by atoms with E-state index in [-0.39, 0.29) is 25.0 Å². The van der Waals surface area contributed by atoms with Crippen molar-refractivity contribution in [3.63, 3.8) is 0 Å². The molecule has 0 bridgehead atoms. The smallest absolute Gasteiger partial charge is 0.227 e. The number of rotatable bonds is 5. The van der Waals surface area contributed by atoms with Gasteiger partial charge in [-0.1, -0.05) is 13.0 Å². The Morgan fingerprint density at radius 3 is 2.76 bits per heavy atom. The minimum Gasteiger partial charge on any atom is -0.497 e. The highest BCUT2D eigenvalue weighted by Gasteiger charge is 2.33. The molecule has 1 aromatic carbocycles. The Morgan fingerprint density at radius 2 is 2.14 bits per heavy atom. The molecule has 1 aliphatic heterocycles. The number of aliphatic hydroxyl groups excluding tert-OH is 1. The van der Waals surface area contributed by atoms with Gasteiger partial charge in [0.15, 0.2) is 0 Å². The first-order valence-corrected chi connectivity index (χ1v) is 7.22. The number of carbonyl (C=O) groups is 1. The monoisotopic (exact) mass is 293 g/mol. The summed E-state index contributed by atoms with van der Waals surface area (Å²) < 4.78 is 10.5. The van der Waals surface area contributed by atoms with E-state index in [2.05, 4.69) is 6.92 Å². The van der Waals surface area contributed by atoms with E-state index in [1.54, 1.807) is 25.2 Å². The first-order valence-electron chi connectivity index (χ1n) is 7.22. The molecule has 5 nitrogen and oxygen atoms in total. The number of amides is 1. The number of benzene rings is 1. The Labute approximate surface area is 125 Å². The molecule has 5 heteroatoms. The minimum absolute atomic E-state index is 0.0205. The predicted octanol–water partition coefficient (Wildman–Crippen LogP) is 1.48. The van der Waals surface area contributed by atoms with Crippen molar-refractivity contribution < 1.29 is 19.4 Å². The van der Waals surface area contributed by atoms with Crippen LogP contribution in [0.4, 0.5) is 0 Å². The van der Waals surface area contributed by atoms with Crippen LogP contribution in [0.2, 0.25) is 0 Å². The Bertz CT molecular complexity index is 503. The summed E-state index contributed by atoms with van der Waals surface area (Å²) in [5.74, 6) is 1.72. The SMILES string of the molecule is COc1ccc(CC(=O)N2CCC(C)C2CO)c(OC)c1. The van der Waals surface area contributed by atoms with Crippen LogP contribution in [0, 0.1) is 5.92 Å². The zero-order chi connectivity index (χ0) is 15.4. The number of methoxy groups -OCH3 is 2. The second kappa shape index (κ2) is 6.80. The summed E-state index contributed by atoms with van der Waals surface area (Å²) in [6.07, 6.45) is 1.22. The molecule has 2 unspecified atom stereocenters. The van der Waals surface area contributed by atoms with Crippen LogP contribution in [-0.2, 0) is 11.2 Å². The van der Waals surface area contributed by atoms with Gasteiger partial charge in [0.2, 0.25) is 5.91 Å². The molecule has 0 aliphatic carbocycles. The van der Waals surface area contributed by atoms with Crippen molar-refractivity contribution >= 4 is 5.91 Å². The Kier molecular flexibility index (Phi) is 5.07. The second-order valence-electron chi connectivity index (χ2n) is 5.46. The summed E-state index contributed by atoms with van der Waals surface area (Å²) in [4.78, 5) is 14.3. The summed E-state index contributed by atoms with van der Waals surface area (Å²) in [6.45, 7) is 2.80. The van der Waals surface area contributed by atoms with E-state index in [0.29, 0.717) is 24.0 Å². The van der Waals surface area contributed by atoms with Gasteiger partial charge < -0.3 is 19.5 Å². The number of hydrogen-bond acceptors (Lipinski definition) is 4. The average molecular weight is 293 g/mol. The Balaban J connectivity index is 2.12. The lowest BCUT2D eigenvalue weighted by Crippen LogP contribution is -2.40. The van der Waals surface area contributed by atoms with E-state index in [4.69, 9.17) is 9.47 Å². The molecule has 116 valence electrons. The van der Waals surface area contributed by atoms with Gasteiger partial charge in [0, 0.05) is 18.2 Å². The number of hydrogen-bond donors (Lipinski definition) is 1. The number of carbonyl (C=O) groups excluding carboxylic acids is 1. The third kappa shape index (κ3) is 3.29. The first-order chi connectivity index (χ1) is 10.1. The summed E-state index contributed by atoms with van der Waals surface area (Å²) in [7, 11) is 3.17. The molecule has 1 aromatic rings. The predicted molar refractivity (Wildman–Crippen MR) is 79.6 cm³/mol. The van der Waals surface area contributed by atoms with E-state index < -0.39 is 0 Å². The molecule has 2 atom stereocenters. The fourth-order valence-electron chi connectivity index (χ4n) is 2.86. The van der Waals surface area contributed by atoms with Crippen LogP contribution < -0.4 is 9.47 Å². The van der Waals surface area contributed by atoms with Crippen LogP contribution in [0.3, 0.4) is 0 Å². The normalized spacial score (nSPS) is 21.4. The van der Waals surface area contributed by atoms with Crippen molar-refractivity contribution in [2.45, 2.75) is 25.8 Å². The molecular weight excluding hydrogens is 270 g/mol. The maximum absolute atomic E-state index is 12.5. The molecule has 1 fully saturated rings. The molecule has 21 heavy (non-hydrogen) atoms. The highest BCUT2D eigenvalue weighted by Crippen LogP contribution is 2.28. The minimum atomic E-state index is -0.0678. The lowest BCUT2D eigenvalue weighted by molar-refractivity contribution is -0.132. The van der Waals surface area contributed by atoms with Crippen molar-refractivity contribution in [3.8, 4) is 11.5 Å². The summed E-state index contributed by atoms with van der Waals surface area (Å²) in [5.41, 5.74) is 0.833. The van der Waals surface area contributed by atoms with E-state index in [0.717, 1.165) is 12.0 Å². The quantitative estimate of drug-likeness (QED) is 0.893. The summed E-state index contributed by atoms with van der Waals surface area (Å²) in [6, 6.07) is 5.38. The van der Waals surface area contributed by atoms with Gasteiger partial charge in [0.05, 0.1) is 33.3 Å². The van der Waals surface area contributed by atoms with Crippen molar-refractivity contribution in [1.82, 2.24) is 4.90 Å². The second-order valence-corrected chi connectivity index (χ2v) is 5.46. The van der Waals surface area contributed by atoms with Gasteiger partial charge in [-0.3, -0.25) is 4.79 Å². The van der Waals surface area contributed by atoms with Crippen LogP contribution in [0.5, 0.6) is 11.5 Å². The molecule has 1 amide bonds. The van der Waals surface area contributed by atoms with E-state index in [9.17, 15) is 9.90 Å². The van der Waals surface area contributed by atoms with Gasteiger partial charge in [0.1, 0.15) is 11.5 Å². The summed E-state index contributed by atoms with van der Waals surface area (Å²) in [5, 5.41) is 9.46. The van der Waals surface area contributed by atoms with Crippen molar-refractivity contribution in [2.75, 3.05) is 27.4 Å². The molecule has 1 saturated heterocycles. The largest absolute Gasteiger partial charge is 0.497 e. The summed E-state index contributed by atoms with van der Waals surface area (Å²) >= 11 is 0. The van der Waals surface area contributed by atoms with E-state index in [1.165, 1.54) is 0 Å². The van der Waals surface area contributed by atoms with E-state index >= 15 is 0 Å². The third-order valence-electron chi connectivity index (χ3n) is 4.23. The Hall–Kier alpha value is -1.75. The van der Waals surface area contributed by atoms with Crippen LogP contribution in [0.25, 0.3) is 0 Å². The van der Waals surface area contributed by atoms with Crippen LogP contribution in [0.15, 0.2) is 18.2 Å². The van der Waals surface area contributed by atoms with Crippen LogP contribution in [0.1, 0.15) is 18.9 Å². The topological polar surface area (TPSA) is 59.0 Å². The molecule has 1 aliphatic rings. The maximum Gasteiger partial charge on any atom is 0.227 e. The molecule has 1 N–H and O–H groups in total. The maximum atomic E-state index is 12.5. The van der Waals surface area contributed by atoms with E-state index in [1.807, 2.05) is 12.1 Å². The van der Waals surface area contributed by atoms with Gasteiger partial charge >= 0.3 is 0 Å². The highest BCUT2D eigenvalue weighted by atomic mass is 16.5. The highest BCUT2D eigenvalue weighted by molar-refractivity contribution is 5.80. The average Bonchev–Trinajstić information content (AvgIpc) is 2.88. The van der Waals surface area contributed by atoms with Gasteiger partial charge in [-0.25, -0.2) is 0 Å². The Morgan fingerprint density at radius 1 is 1.38 bits per heavy atom. The number of ether oxygens (including phenoxy) is 2. The first kappa shape index (κ1) is 15.6. The van der Waals surface area contributed by atoms with Gasteiger partial charge in [0.25, 0.3) is 0 Å². The standard InChI is InChI=1S/C16H23NO4/c1-11-6-7-17(14(11)10-18)16(19)8-12-4-5-13(20-2)9-15(12)21-3/h4-5,9,11,14,18H,6-8,10H2,1-3H3. The van der Waals surface area contributed by atoms with Crippen LogP contribution >= 0.6 is 0 Å². The molecule has 0 saturated carbocycles. The lowest BCUT2D eigenvalue weighted by Gasteiger charge is -2.25. The zero-order valence-corrected chi connectivity index (χ0v) is 12.8. The van der Waals surface area contributed by atoms with Crippen molar-refractivity contribution in [2.24, 2.45) is 5.92 Å². The lowest BCUT2D eigenvalue weighted by atomic mass is 10.0. The van der Waals surface area contributed by atoms with Crippen molar-refractivity contribution in [3.05, 3.63) is 23.8 Å². The van der Waals surface area contributed by atoms with Gasteiger partial charge in [-0.15, -0.1) is 0 Å². The number of nitrogens with zero attached hydrogens (tertiary/aromatic N) is 1. The van der Waals surface area contributed by atoms with Crippen LogP contribution in [-0.4, -0.2) is 49.3 Å². The number of aliphatic hydroxyl groups is 1. The zero-order valence-electron chi connectivity index (χ0n) is 12.8. The molecule has 0 spiro atoms. The van der Waals surface area contributed by atoms with Crippen molar-refractivity contribution in [1.29, 1.82) is 0 Å². The third-order valence-corrected chi connectivity index (χ3v) is 4.23. The van der Waals surface area contributed by atoms with Gasteiger partial charge in [-0.05, 0) is 18.4 Å². The fourth-order valence-corrected chi connectivity index (χ4v) is 2.86. The molecule has 0 radical (unpaired) electrons.